The molecule has 0 aromatic carbocycles. The van der Waals surface area contributed by atoms with Crippen LogP contribution >= 0.6 is 11.6 Å². The summed E-state index contributed by atoms with van der Waals surface area (Å²) >= 11 is 5.72. The Labute approximate surface area is 93.6 Å². The Balaban J connectivity index is 2.78. The molecule has 0 saturated heterocycles. The third kappa shape index (κ3) is 3.49. The Morgan fingerprint density at radius 3 is 2.73 bits per heavy atom. The maximum atomic E-state index is 5.72. The summed E-state index contributed by atoms with van der Waals surface area (Å²) in [5, 5.41) is 3.17. The Morgan fingerprint density at radius 1 is 1.40 bits per heavy atom. The van der Waals surface area contributed by atoms with Gasteiger partial charge in [0.05, 0.1) is 7.11 Å². The van der Waals surface area contributed by atoms with Crippen molar-refractivity contribution in [3.05, 3.63) is 5.28 Å². The highest BCUT2D eigenvalue weighted by atomic mass is 35.5. The maximum absolute atomic E-state index is 5.72. The van der Waals surface area contributed by atoms with Crippen LogP contribution in [0.5, 0.6) is 6.01 Å². The zero-order valence-corrected chi connectivity index (χ0v) is 9.75. The van der Waals surface area contributed by atoms with Gasteiger partial charge < -0.3 is 15.0 Å². The summed E-state index contributed by atoms with van der Waals surface area (Å²) in [6, 6.07) is 0.223. The van der Waals surface area contributed by atoms with Gasteiger partial charge in [0.15, 0.2) is 0 Å². The van der Waals surface area contributed by atoms with Crippen LogP contribution in [-0.2, 0) is 0 Å². The predicted octanol–water partition coefficient (Wildman–Crippen LogP) is 0.189. The second kappa shape index (κ2) is 5.67. The van der Waals surface area contributed by atoms with Crippen LogP contribution in [-0.4, -0.2) is 49.2 Å². The number of hydrogen-bond acceptors (Lipinski definition) is 6. The minimum atomic E-state index is 0.133. The molecule has 1 rings (SSSR count). The molecule has 0 bridgehead atoms. The van der Waals surface area contributed by atoms with E-state index in [4.69, 9.17) is 16.3 Å². The fourth-order valence-electron chi connectivity index (χ4n) is 0.963. The second-order valence-corrected chi connectivity index (χ2v) is 3.25. The van der Waals surface area contributed by atoms with Gasteiger partial charge in [-0.1, -0.05) is 0 Å². The van der Waals surface area contributed by atoms with E-state index in [9.17, 15) is 0 Å². The molecule has 15 heavy (non-hydrogen) atoms. The highest BCUT2D eigenvalue weighted by molar-refractivity contribution is 6.28. The number of ether oxygens (including phenoxy) is 1. The number of methoxy groups -OCH3 is 1. The summed E-state index contributed by atoms with van der Waals surface area (Å²) in [6.07, 6.45) is 0. The molecular formula is C8H14ClN5O. The van der Waals surface area contributed by atoms with E-state index in [1.54, 1.807) is 0 Å². The van der Waals surface area contributed by atoms with Crippen LogP contribution in [0.15, 0.2) is 0 Å². The zero-order chi connectivity index (χ0) is 11.3. The van der Waals surface area contributed by atoms with Gasteiger partial charge in [-0.15, -0.1) is 0 Å². The molecule has 0 aliphatic rings. The lowest BCUT2D eigenvalue weighted by molar-refractivity contribution is 0.378. The van der Waals surface area contributed by atoms with Gasteiger partial charge in [0.25, 0.3) is 0 Å². The molecule has 0 radical (unpaired) electrons. The van der Waals surface area contributed by atoms with Crippen molar-refractivity contribution in [2.75, 3.05) is 39.2 Å². The summed E-state index contributed by atoms with van der Waals surface area (Å²) in [6.45, 7) is 1.61. The number of rotatable bonds is 5. The highest BCUT2D eigenvalue weighted by Gasteiger charge is 2.08. The summed E-state index contributed by atoms with van der Waals surface area (Å²) in [5.41, 5.74) is 0. The monoisotopic (exact) mass is 231 g/mol. The van der Waals surface area contributed by atoms with Crippen molar-refractivity contribution in [3.63, 3.8) is 0 Å². The summed E-state index contributed by atoms with van der Waals surface area (Å²) < 4.78 is 4.90. The van der Waals surface area contributed by atoms with E-state index < -0.39 is 0 Å². The molecule has 0 atom stereocenters. The summed E-state index contributed by atoms with van der Waals surface area (Å²) in [4.78, 5) is 13.7. The number of nitrogens with one attached hydrogen (secondary N) is 1. The van der Waals surface area contributed by atoms with Crippen molar-refractivity contribution < 1.29 is 4.74 Å². The zero-order valence-electron chi connectivity index (χ0n) is 8.99. The van der Waals surface area contributed by atoms with Crippen LogP contribution in [0.4, 0.5) is 5.95 Å². The quantitative estimate of drug-likeness (QED) is 0.781. The van der Waals surface area contributed by atoms with Gasteiger partial charge in [-0.25, -0.2) is 0 Å². The van der Waals surface area contributed by atoms with E-state index in [0.717, 1.165) is 13.1 Å². The molecule has 0 aliphatic carbocycles. The van der Waals surface area contributed by atoms with Gasteiger partial charge in [-0.2, -0.15) is 15.0 Å². The fraction of sp³-hybridized carbons (Fsp3) is 0.625. The Bertz CT molecular complexity index is 322. The second-order valence-electron chi connectivity index (χ2n) is 2.92. The van der Waals surface area contributed by atoms with Gasteiger partial charge in [0, 0.05) is 20.1 Å². The normalized spacial score (nSPS) is 10.1. The lowest BCUT2D eigenvalue weighted by atomic mass is 10.5. The van der Waals surface area contributed by atoms with Crippen molar-refractivity contribution in [1.82, 2.24) is 20.3 Å². The molecule has 0 aliphatic heterocycles. The lowest BCUT2D eigenvalue weighted by Crippen LogP contribution is -2.28. The fourth-order valence-corrected chi connectivity index (χ4v) is 1.11. The molecule has 1 heterocycles. The van der Waals surface area contributed by atoms with Gasteiger partial charge in [-0.3, -0.25) is 0 Å². The number of halogens is 1. The Hall–Kier alpha value is -1.14. The molecule has 1 N–H and O–H groups in total. The van der Waals surface area contributed by atoms with Gasteiger partial charge in [0.1, 0.15) is 0 Å². The van der Waals surface area contributed by atoms with E-state index in [-0.39, 0.29) is 11.3 Å². The first-order chi connectivity index (χ1) is 7.17. The standard InChI is InChI=1S/C8H14ClN5O/c1-10-4-5-14(2)7-11-6(9)12-8(13-7)15-3/h10H,4-5H2,1-3H3. The third-order valence-corrected chi connectivity index (χ3v) is 1.97. The molecule has 6 nitrogen and oxygen atoms in total. The highest BCUT2D eigenvalue weighted by Crippen LogP contribution is 2.13. The van der Waals surface area contributed by atoms with E-state index >= 15 is 0 Å². The molecule has 0 saturated carbocycles. The average Bonchev–Trinajstić information content (AvgIpc) is 2.24. The molecule has 7 heteroatoms. The van der Waals surface area contributed by atoms with E-state index in [1.807, 2.05) is 19.0 Å². The number of nitrogens with zero attached hydrogens (tertiary/aromatic N) is 4. The van der Waals surface area contributed by atoms with Crippen LogP contribution in [0.1, 0.15) is 0 Å². The molecular weight excluding hydrogens is 218 g/mol. The largest absolute Gasteiger partial charge is 0.467 e. The third-order valence-electron chi connectivity index (χ3n) is 1.80. The van der Waals surface area contributed by atoms with Gasteiger partial charge in [0.2, 0.25) is 11.2 Å². The summed E-state index contributed by atoms with van der Waals surface area (Å²) in [5.74, 6) is 0.502. The Kier molecular flexibility index (Phi) is 4.51. The van der Waals surface area contributed by atoms with Crippen LogP contribution in [0.3, 0.4) is 0 Å². The number of anilines is 1. The van der Waals surface area contributed by atoms with Crippen molar-refractivity contribution in [3.8, 4) is 6.01 Å². The molecule has 1 aromatic rings. The van der Waals surface area contributed by atoms with E-state index in [1.165, 1.54) is 7.11 Å². The molecule has 0 spiro atoms. The van der Waals surface area contributed by atoms with E-state index in [2.05, 4.69) is 20.3 Å². The van der Waals surface area contributed by atoms with Crippen LogP contribution in [0.2, 0.25) is 5.28 Å². The molecule has 1 aromatic heterocycles. The van der Waals surface area contributed by atoms with E-state index in [0.29, 0.717) is 5.95 Å². The molecule has 0 unspecified atom stereocenters. The van der Waals surface area contributed by atoms with Crippen molar-refractivity contribution in [2.45, 2.75) is 0 Å². The topological polar surface area (TPSA) is 63.2 Å². The first-order valence-electron chi connectivity index (χ1n) is 4.48. The van der Waals surface area contributed by atoms with Crippen molar-refractivity contribution in [2.24, 2.45) is 0 Å². The SMILES string of the molecule is CNCCN(C)c1nc(Cl)nc(OC)n1. The summed E-state index contributed by atoms with van der Waals surface area (Å²) in [7, 11) is 5.25. The molecule has 0 amide bonds. The van der Waals surface area contributed by atoms with Crippen LogP contribution in [0.25, 0.3) is 0 Å². The first kappa shape index (κ1) is 11.9. The van der Waals surface area contributed by atoms with Crippen molar-refractivity contribution in [1.29, 1.82) is 0 Å². The smallest absolute Gasteiger partial charge is 0.322 e. The Morgan fingerprint density at radius 2 is 2.13 bits per heavy atom. The number of likely N-dealkylation sites (N-methyl/N-ethyl adjacent to an activating group) is 2. The minimum absolute atomic E-state index is 0.133. The number of aromatic nitrogens is 3. The van der Waals surface area contributed by atoms with Crippen LogP contribution < -0.4 is 15.0 Å². The van der Waals surface area contributed by atoms with Crippen molar-refractivity contribution >= 4 is 17.5 Å². The van der Waals surface area contributed by atoms with Gasteiger partial charge in [-0.05, 0) is 18.6 Å². The van der Waals surface area contributed by atoms with Crippen LogP contribution in [0, 0.1) is 0 Å². The average molecular weight is 232 g/mol. The maximum Gasteiger partial charge on any atom is 0.322 e. The van der Waals surface area contributed by atoms with Gasteiger partial charge >= 0.3 is 6.01 Å². The molecule has 84 valence electrons. The number of hydrogen-bond donors (Lipinski definition) is 1. The minimum Gasteiger partial charge on any atom is -0.467 e. The first-order valence-corrected chi connectivity index (χ1v) is 4.86. The lowest BCUT2D eigenvalue weighted by Gasteiger charge is -2.16. The molecule has 0 fully saturated rings. The predicted molar refractivity (Wildman–Crippen MR) is 58.6 cm³/mol.